The number of benzene rings is 2. The molecule has 110 valence electrons. The van der Waals surface area contributed by atoms with Crippen LogP contribution in [-0.4, -0.2) is 5.78 Å². The highest BCUT2D eigenvalue weighted by Gasteiger charge is 2.23. The lowest BCUT2D eigenvalue weighted by Gasteiger charge is -1.95. The lowest BCUT2D eigenvalue weighted by molar-refractivity contribution is 0.104. The molecule has 0 saturated carbocycles. The van der Waals surface area contributed by atoms with E-state index in [1.807, 2.05) is 88.4 Å². The molecule has 0 amide bonds. The van der Waals surface area contributed by atoms with Crippen LogP contribution < -0.4 is 0 Å². The number of fused-ring (bicyclic) bond motifs is 1. The van der Waals surface area contributed by atoms with Crippen molar-refractivity contribution in [3.8, 4) is 0 Å². The average Bonchev–Trinajstić information content (AvgIpc) is 2.89. The molecule has 0 heterocycles. The molecule has 0 spiro atoms. The maximum Gasteiger partial charge on any atom is 0.189 e. The van der Waals surface area contributed by atoms with E-state index in [4.69, 9.17) is 0 Å². The molecule has 1 aliphatic rings. The number of carbonyl (C=O) groups excluding carboxylic acids is 1. The third-order valence-electron chi connectivity index (χ3n) is 3.08. The Labute approximate surface area is 128 Å². The second kappa shape index (κ2) is 8.91. The molecule has 0 saturated heterocycles. The summed E-state index contributed by atoms with van der Waals surface area (Å²) in [6.07, 6.45) is 2.74. The summed E-state index contributed by atoms with van der Waals surface area (Å²) in [5.41, 5.74) is 3.97. The highest BCUT2D eigenvalue weighted by Crippen LogP contribution is 2.27. The third kappa shape index (κ3) is 4.16. The van der Waals surface area contributed by atoms with E-state index in [0.717, 1.165) is 28.7 Å². The van der Waals surface area contributed by atoms with Gasteiger partial charge < -0.3 is 0 Å². The first-order valence-corrected chi connectivity index (χ1v) is 7.73. The van der Waals surface area contributed by atoms with Crippen LogP contribution in [0, 0.1) is 0 Å². The van der Waals surface area contributed by atoms with Crippen LogP contribution in [0.1, 0.15) is 49.2 Å². The molecule has 0 fully saturated rings. The first-order chi connectivity index (χ1) is 10.3. The van der Waals surface area contributed by atoms with E-state index < -0.39 is 0 Å². The van der Waals surface area contributed by atoms with E-state index in [-0.39, 0.29) is 5.78 Å². The Morgan fingerprint density at radius 1 is 0.810 bits per heavy atom. The standard InChI is InChI=1S/C16H12O.2C2H6/c17-16-14(10-12-6-2-1-3-7-12)11-13-8-4-5-9-15(13)16;2*1-2/h1-10H,11H2;2*1-2H3/b14-10+;;. The summed E-state index contributed by atoms with van der Waals surface area (Å²) in [6, 6.07) is 17.8. The zero-order chi connectivity index (χ0) is 15.7. The Morgan fingerprint density at radius 3 is 2.00 bits per heavy atom. The number of allylic oxidation sites excluding steroid dienone is 1. The number of Topliss-reactive ketones (excluding diaryl/α,β-unsaturated/α-hetero) is 1. The van der Waals surface area contributed by atoms with E-state index in [2.05, 4.69) is 0 Å². The minimum Gasteiger partial charge on any atom is -0.289 e. The van der Waals surface area contributed by atoms with E-state index >= 15 is 0 Å². The fourth-order valence-electron chi connectivity index (χ4n) is 2.22. The van der Waals surface area contributed by atoms with Crippen molar-refractivity contribution in [1.29, 1.82) is 0 Å². The maximum atomic E-state index is 12.1. The minimum absolute atomic E-state index is 0.171. The van der Waals surface area contributed by atoms with E-state index in [1.54, 1.807) is 0 Å². The van der Waals surface area contributed by atoms with Gasteiger partial charge in [0.1, 0.15) is 0 Å². The fraction of sp³-hybridized carbons (Fsp3) is 0.250. The second-order valence-corrected chi connectivity index (χ2v) is 4.24. The molecule has 2 aromatic rings. The molecule has 3 rings (SSSR count). The largest absolute Gasteiger partial charge is 0.289 e. The molecule has 1 nitrogen and oxygen atoms in total. The molecular formula is C20H24O. The predicted octanol–water partition coefficient (Wildman–Crippen LogP) is 5.56. The van der Waals surface area contributed by atoms with Gasteiger partial charge in [0.05, 0.1) is 0 Å². The van der Waals surface area contributed by atoms with E-state index in [9.17, 15) is 4.79 Å². The summed E-state index contributed by atoms with van der Waals surface area (Å²) in [5.74, 6) is 0.171. The highest BCUT2D eigenvalue weighted by molar-refractivity contribution is 6.15. The van der Waals surface area contributed by atoms with Crippen LogP contribution in [0.4, 0.5) is 0 Å². The molecule has 0 unspecified atom stereocenters. The van der Waals surface area contributed by atoms with E-state index in [0.29, 0.717) is 0 Å². The summed E-state index contributed by atoms with van der Waals surface area (Å²) in [6.45, 7) is 8.00. The number of hydrogen-bond acceptors (Lipinski definition) is 1. The Kier molecular flexibility index (Phi) is 7.17. The fourth-order valence-corrected chi connectivity index (χ4v) is 2.22. The Hall–Kier alpha value is -2.15. The quantitative estimate of drug-likeness (QED) is 0.625. The van der Waals surface area contributed by atoms with Crippen molar-refractivity contribution in [3.63, 3.8) is 0 Å². The first kappa shape index (κ1) is 16.9. The summed E-state index contributed by atoms with van der Waals surface area (Å²) in [4.78, 5) is 12.1. The molecule has 21 heavy (non-hydrogen) atoms. The van der Waals surface area contributed by atoms with Gasteiger partial charge in [-0.15, -0.1) is 0 Å². The molecule has 1 heteroatoms. The Bertz CT molecular complexity index is 594. The lowest BCUT2D eigenvalue weighted by Crippen LogP contribution is -1.94. The van der Waals surface area contributed by atoms with Crippen molar-refractivity contribution in [2.75, 3.05) is 0 Å². The van der Waals surface area contributed by atoms with Gasteiger partial charge in [0.25, 0.3) is 0 Å². The van der Waals surface area contributed by atoms with Crippen molar-refractivity contribution in [2.24, 2.45) is 0 Å². The van der Waals surface area contributed by atoms with Crippen molar-refractivity contribution in [2.45, 2.75) is 34.1 Å². The van der Waals surface area contributed by atoms with Crippen LogP contribution in [0.15, 0.2) is 60.2 Å². The average molecular weight is 280 g/mol. The van der Waals surface area contributed by atoms with Crippen molar-refractivity contribution >= 4 is 11.9 Å². The Balaban J connectivity index is 0.000000510. The molecule has 0 atom stereocenters. The molecule has 0 radical (unpaired) electrons. The van der Waals surface area contributed by atoms with Crippen molar-refractivity contribution in [1.82, 2.24) is 0 Å². The van der Waals surface area contributed by atoms with Crippen LogP contribution in [-0.2, 0) is 6.42 Å². The molecule has 0 aromatic heterocycles. The molecular weight excluding hydrogens is 256 g/mol. The van der Waals surface area contributed by atoms with Crippen molar-refractivity contribution in [3.05, 3.63) is 76.9 Å². The second-order valence-electron chi connectivity index (χ2n) is 4.24. The molecule has 0 N–H and O–H groups in total. The van der Waals surface area contributed by atoms with Gasteiger partial charge in [0, 0.05) is 17.6 Å². The van der Waals surface area contributed by atoms with Crippen LogP contribution in [0.5, 0.6) is 0 Å². The van der Waals surface area contributed by atoms with Gasteiger partial charge in [-0.1, -0.05) is 82.3 Å². The minimum atomic E-state index is 0.171. The molecule has 0 aliphatic heterocycles. The van der Waals surface area contributed by atoms with Gasteiger partial charge in [-0.2, -0.15) is 0 Å². The molecule has 1 aliphatic carbocycles. The van der Waals surface area contributed by atoms with Crippen LogP contribution in [0.2, 0.25) is 0 Å². The maximum absolute atomic E-state index is 12.1. The predicted molar refractivity (Wildman–Crippen MR) is 91.6 cm³/mol. The highest BCUT2D eigenvalue weighted by atomic mass is 16.1. The number of carbonyl (C=O) groups is 1. The summed E-state index contributed by atoms with van der Waals surface area (Å²) in [5, 5.41) is 0. The van der Waals surface area contributed by atoms with Gasteiger partial charge in [0.15, 0.2) is 5.78 Å². The monoisotopic (exact) mass is 280 g/mol. The molecule has 0 bridgehead atoms. The van der Waals surface area contributed by atoms with Gasteiger partial charge in [0.2, 0.25) is 0 Å². The van der Waals surface area contributed by atoms with Gasteiger partial charge in [-0.05, 0) is 17.2 Å². The summed E-state index contributed by atoms with van der Waals surface area (Å²) in [7, 11) is 0. The number of hydrogen-bond donors (Lipinski definition) is 0. The van der Waals surface area contributed by atoms with Gasteiger partial charge in [-0.3, -0.25) is 4.79 Å². The van der Waals surface area contributed by atoms with Crippen LogP contribution in [0.25, 0.3) is 6.08 Å². The molecule has 2 aromatic carbocycles. The Morgan fingerprint density at radius 2 is 1.38 bits per heavy atom. The topological polar surface area (TPSA) is 17.1 Å². The summed E-state index contributed by atoms with van der Waals surface area (Å²) >= 11 is 0. The SMILES string of the molecule is CC.CC.O=C1/C(=C/c2ccccc2)Cc2ccccc21. The van der Waals surface area contributed by atoms with Crippen LogP contribution in [0.3, 0.4) is 0 Å². The van der Waals surface area contributed by atoms with Gasteiger partial charge >= 0.3 is 0 Å². The zero-order valence-electron chi connectivity index (χ0n) is 13.4. The van der Waals surface area contributed by atoms with Crippen molar-refractivity contribution < 1.29 is 4.79 Å². The number of rotatable bonds is 1. The lowest BCUT2D eigenvalue weighted by atomic mass is 10.1. The van der Waals surface area contributed by atoms with Crippen LogP contribution >= 0.6 is 0 Å². The zero-order valence-corrected chi connectivity index (χ0v) is 13.4. The third-order valence-corrected chi connectivity index (χ3v) is 3.08. The summed E-state index contributed by atoms with van der Waals surface area (Å²) < 4.78 is 0. The normalized spacial score (nSPS) is 13.7. The number of ketones is 1. The van der Waals surface area contributed by atoms with Gasteiger partial charge in [-0.25, -0.2) is 0 Å². The smallest absolute Gasteiger partial charge is 0.189 e. The first-order valence-electron chi connectivity index (χ1n) is 7.73. The van der Waals surface area contributed by atoms with E-state index in [1.165, 1.54) is 0 Å².